The Hall–Kier alpha value is -3.11. The van der Waals surface area contributed by atoms with Crippen molar-refractivity contribution in [2.24, 2.45) is 0 Å². The molecule has 0 radical (unpaired) electrons. The number of anilines is 1. The zero-order chi connectivity index (χ0) is 22.2. The van der Waals surface area contributed by atoms with Crippen LogP contribution in [0.25, 0.3) is 11.0 Å². The molecule has 0 atom stereocenters. The topological polar surface area (TPSA) is 76.0 Å². The molecule has 156 valence electrons. The van der Waals surface area contributed by atoms with E-state index in [0.717, 1.165) is 54.0 Å². The van der Waals surface area contributed by atoms with E-state index in [0.29, 0.717) is 12.0 Å². The van der Waals surface area contributed by atoms with Crippen LogP contribution in [-0.2, 0) is 11.8 Å². The van der Waals surface area contributed by atoms with Gasteiger partial charge in [0.25, 0.3) is 5.56 Å². The quantitative estimate of drug-likeness (QED) is 0.636. The van der Waals surface area contributed by atoms with Gasteiger partial charge in [-0.05, 0) is 47.7 Å². The third kappa shape index (κ3) is 3.96. The van der Waals surface area contributed by atoms with Crippen LogP contribution < -0.4 is 10.5 Å². The molecule has 0 saturated carbocycles. The van der Waals surface area contributed by atoms with Crippen molar-refractivity contribution in [1.29, 1.82) is 5.26 Å². The van der Waals surface area contributed by atoms with E-state index < -0.39 is 5.82 Å². The van der Waals surface area contributed by atoms with Crippen molar-refractivity contribution in [3.63, 3.8) is 0 Å². The molecule has 1 N–H and O–H groups in total. The number of benzene rings is 1. The van der Waals surface area contributed by atoms with E-state index in [1.54, 1.807) is 6.07 Å². The van der Waals surface area contributed by atoms with Gasteiger partial charge in [-0.25, -0.2) is 4.39 Å². The summed E-state index contributed by atoms with van der Waals surface area (Å²) >= 11 is 0. The summed E-state index contributed by atoms with van der Waals surface area (Å²) in [6.45, 7) is 5.01. The maximum absolute atomic E-state index is 13.5. The molecule has 3 aromatic rings. The second-order valence-electron chi connectivity index (χ2n) is 8.44. The molecule has 0 bridgehead atoms. The molecule has 1 saturated heterocycles. The molecule has 0 unspecified atom stereocenters. The minimum atomic E-state index is -0.395. The average Bonchev–Trinajstić information content (AvgIpc) is 2.78. The average molecular weight is 415 g/mol. The first-order valence-electron chi connectivity index (χ1n) is 10.6. The second-order valence-corrected chi connectivity index (χ2v) is 8.44. The molecule has 6 nitrogen and oxygen atoms in total. The largest absolute Gasteiger partial charge is 0.368 e. The lowest BCUT2D eigenvalue weighted by atomic mass is 9.57. The van der Waals surface area contributed by atoms with Crippen LogP contribution in [0.15, 0.2) is 41.3 Å². The number of nitriles is 1. The van der Waals surface area contributed by atoms with Crippen LogP contribution in [0.1, 0.15) is 23.6 Å². The van der Waals surface area contributed by atoms with Gasteiger partial charge in [0.1, 0.15) is 27.6 Å². The summed E-state index contributed by atoms with van der Waals surface area (Å²) < 4.78 is 13.5. The Morgan fingerprint density at radius 3 is 2.65 bits per heavy atom. The molecule has 1 aromatic carbocycles. The van der Waals surface area contributed by atoms with E-state index in [9.17, 15) is 14.4 Å². The number of halogens is 1. The van der Waals surface area contributed by atoms with Gasteiger partial charge in [0.05, 0.1) is 22.3 Å². The standard InChI is InChI=1S/C22H24B2FN5O/c1-2-14-10-18-19(28-21(14)31)11-16(13-27-18)22(23,24)30-7-5-29(6-8-30)20-4-3-17(25)9-15(20)12-26/h3-4,9-11,13H,2,5-8,23-24H2,1H3,(H,28,31). The van der Waals surface area contributed by atoms with E-state index in [1.807, 2.05) is 25.3 Å². The predicted molar refractivity (Wildman–Crippen MR) is 125 cm³/mol. The molecule has 0 aliphatic carbocycles. The van der Waals surface area contributed by atoms with Gasteiger partial charge in [0, 0.05) is 37.9 Å². The van der Waals surface area contributed by atoms with E-state index in [1.165, 1.54) is 12.1 Å². The SMILES string of the molecule is BC(B)(c1cnc2cc(CC)c(=O)[nH]c2c1)N1CCN(c2ccc(F)cc2C#N)CC1. The van der Waals surface area contributed by atoms with Crippen molar-refractivity contribution < 1.29 is 4.39 Å². The number of nitrogens with one attached hydrogen (secondary N) is 1. The molecule has 3 heterocycles. The van der Waals surface area contributed by atoms with Gasteiger partial charge in [-0.3, -0.25) is 9.78 Å². The molecule has 9 heteroatoms. The maximum Gasteiger partial charge on any atom is 0.251 e. The molecule has 4 rings (SSSR count). The van der Waals surface area contributed by atoms with Crippen molar-refractivity contribution in [3.8, 4) is 6.07 Å². The number of H-pyrrole nitrogens is 1. The first-order valence-corrected chi connectivity index (χ1v) is 10.6. The Bertz CT molecular complexity index is 1230. The van der Waals surface area contributed by atoms with Gasteiger partial charge in [-0.15, -0.1) is 0 Å². The van der Waals surface area contributed by atoms with Gasteiger partial charge >= 0.3 is 0 Å². The van der Waals surface area contributed by atoms with Crippen LogP contribution in [-0.4, -0.2) is 56.7 Å². The predicted octanol–water partition coefficient (Wildman–Crippen LogP) is 0.695. The molecule has 1 aliphatic heterocycles. The Balaban J connectivity index is 1.55. The fraction of sp³-hybridized carbons (Fsp3) is 0.318. The maximum atomic E-state index is 13.5. The summed E-state index contributed by atoms with van der Waals surface area (Å²) in [5.74, 6) is -0.395. The minimum absolute atomic E-state index is 0.0621. The van der Waals surface area contributed by atoms with Crippen molar-refractivity contribution in [2.75, 3.05) is 31.1 Å². The number of fused-ring (bicyclic) bond motifs is 1. The van der Waals surface area contributed by atoms with Gasteiger partial charge in [0.2, 0.25) is 0 Å². The molecule has 31 heavy (non-hydrogen) atoms. The third-order valence-corrected chi connectivity index (χ3v) is 6.35. The molecule has 0 amide bonds. The van der Waals surface area contributed by atoms with Gasteiger partial charge in [-0.1, -0.05) is 6.92 Å². The molecular weight excluding hydrogens is 391 g/mol. The monoisotopic (exact) mass is 415 g/mol. The van der Waals surface area contributed by atoms with E-state index in [4.69, 9.17) is 0 Å². The van der Waals surface area contributed by atoms with Crippen molar-refractivity contribution in [2.45, 2.75) is 18.7 Å². The lowest BCUT2D eigenvalue weighted by molar-refractivity contribution is 0.210. The van der Waals surface area contributed by atoms with Crippen molar-refractivity contribution >= 4 is 32.4 Å². The molecule has 1 aliphatic rings. The van der Waals surface area contributed by atoms with Crippen LogP contribution in [0.4, 0.5) is 10.1 Å². The highest BCUT2D eigenvalue weighted by Crippen LogP contribution is 2.28. The lowest BCUT2D eigenvalue weighted by Gasteiger charge is -2.45. The molecule has 2 aromatic heterocycles. The third-order valence-electron chi connectivity index (χ3n) is 6.35. The lowest BCUT2D eigenvalue weighted by Crippen LogP contribution is -2.56. The second kappa shape index (κ2) is 8.20. The number of piperazine rings is 1. The number of rotatable bonds is 4. The number of hydrogen-bond donors (Lipinski definition) is 1. The van der Waals surface area contributed by atoms with Crippen LogP contribution in [0, 0.1) is 17.1 Å². The van der Waals surface area contributed by atoms with E-state index >= 15 is 0 Å². The highest BCUT2D eigenvalue weighted by molar-refractivity contribution is 6.39. The number of pyridine rings is 2. The van der Waals surface area contributed by atoms with Crippen LogP contribution >= 0.6 is 0 Å². The highest BCUT2D eigenvalue weighted by Gasteiger charge is 2.32. The highest BCUT2D eigenvalue weighted by atomic mass is 19.1. The summed E-state index contributed by atoms with van der Waals surface area (Å²) in [5.41, 5.74) is 4.39. The van der Waals surface area contributed by atoms with Gasteiger partial charge in [0.15, 0.2) is 0 Å². The zero-order valence-corrected chi connectivity index (χ0v) is 18.1. The normalized spacial score (nSPS) is 15.2. The Morgan fingerprint density at radius 2 is 1.97 bits per heavy atom. The number of aromatic amines is 1. The molecular formula is C22H24B2FN5O. The fourth-order valence-electron chi connectivity index (χ4n) is 4.28. The van der Waals surface area contributed by atoms with Gasteiger partial charge < -0.3 is 14.8 Å². The molecule has 0 spiro atoms. The van der Waals surface area contributed by atoms with Crippen LogP contribution in [0.2, 0.25) is 0 Å². The van der Waals surface area contributed by atoms with E-state index in [2.05, 4.69) is 41.5 Å². The van der Waals surface area contributed by atoms with Crippen LogP contribution in [0.5, 0.6) is 0 Å². The van der Waals surface area contributed by atoms with Gasteiger partial charge in [-0.2, -0.15) is 5.26 Å². The molecule has 1 fully saturated rings. The Morgan fingerprint density at radius 1 is 1.23 bits per heavy atom. The smallest absolute Gasteiger partial charge is 0.251 e. The van der Waals surface area contributed by atoms with E-state index in [-0.39, 0.29) is 10.9 Å². The number of aryl methyl sites for hydroxylation is 1. The Kier molecular flexibility index (Phi) is 5.59. The van der Waals surface area contributed by atoms with Crippen LogP contribution in [0.3, 0.4) is 0 Å². The summed E-state index contributed by atoms with van der Waals surface area (Å²) in [6, 6.07) is 10.3. The summed E-state index contributed by atoms with van der Waals surface area (Å²) in [5, 5.41) is 9.07. The summed E-state index contributed by atoms with van der Waals surface area (Å²) in [6.07, 6.45) is 2.56. The fourth-order valence-corrected chi connectivity index (χ4v) is 4.28. The number of hydrogen-bond acceptors (Lipinski definition) is 5. The Labute approximate surface area is 182 Å². The minimum Gasteiger partial charge on any atom is -0.368 e. The summed E-state index contributed by atoms with van der Waals surface area (Å²) in [7, 11) is 4.31. The zero-order valence-electron chi connectivity index (χ0n) is 18.1. The van der Waals surface area contributed by atoms with Crippen molar-refractivity contribution in [1.82, 2.24) is 14.9 Å². The summed E-state index contributed by atoms with van der Waals surface area (Å²) in [4.78, 5) is 24.3. The first kappa shape index (κ1) is 21.1. The number of aromatic nitrogens is 2. The van der Waals surface area contributed by atoms with Crippen molar-refractivity contribution in [3.05, 3.63) is 69.4 Å². The number of nitrogens with zero attached hydrogens (tertiary/aromatic N) is 4. The first-order chi connectivity index (χ1) is 14.8.